The van der Waals surface area contributed by atoms with Gasteiger partial charge in [-0.15, -0.1) is 0 Å². The van der Waals surface area contributed by atoms with E-state index < -0.39 is 20.9 Å². The molecule has 166 valence electrons. The molecular formula is C19H24N6O5S. The third-order valence-electron chi connectivity index (χ3n) is 4.87. The number of anilines is 1. The maximum atomic E-state index is 12.7. The van der Waals surface area contributed by atoms with Crippen molar-refractivity contribution in [1.29, 1.82) is 0 Å². The predicted molar refractivity (Wildman–Crippen MR) is 115 cm³/mol. The number of aliphatic imine (C=N–C) groups is 1. The van der Waals surface area contributed by atoms with Crippen LogP contribution in [0, 0.1) is 24.0 Å². The number of carbonyl (C=O) groups excluding carboxylic acids is 1. The van der Waals surface area contributed by atoms with Gasteiger partial charge in [0.05, 0.1) is 9.82 Å². The highest BCUT2D eigenvalue weighted by Crippen LogP contribution is 2.22. The largest absolute Gasteiger partial charge is 0.324 e. The van der Waals surface area contributed by atoms with Gasteiger partial charge in [0.25, 0.3) is 10.0 Å². The van der Waals surface area contributed by atoms with Crippen molar-refractivity contribution in [3.05, 3.63) is 45.8 Å². The number of carbonyl (C=O) groups is 1. The van der Waals surface area contributed by atoms with Crippen LogP contribution in [0.2, 0.25) is 0 Å². The summed E-state index contributed by atoms with van der Waals surface area (Å²) in [4.78, 5) is 27.3. The lowest BCUT2D eigenvalue weighted by Gasteiger charge is -2.11. The van der Waals surface area contributed by atoms with Gasteiger partial charge in [-0.1, -0.05) is 12.5 Å². The monoisotopic (exact) mass is 448 g/mol. The van der Waals surface area contributed by atoms with Crippen molar-refractivity contribution >= 4 is 33.1 Å². The average molecular weight is 449 g/mol. The number of benzene rings is 1. The van der Waals surface area contributed by atoms with Crippen LogP contribution in [0.15, 0.2) is 34.2 Å². The molecular weight excluding hydrogens is 424 g/mol. The van der Waals surface area contributed by atoms with Crippen molar-refractivity contribution < 1.29 is 18.1 Å². The van der Waals surface area contributed by atoms with Gasteiger partial charge in [-0.25, -0.2) is 8.42 Å². The van der Waals surface area contributed by atoms with E-state index in [2.05, 4.69) is 20.1 Å². The minimum absolute atomic E-state index is 0.000927. The van der Waals surface area contributed by atoms with Crippen LogP contribution in [0.1, 0.15) is 37.1 Å². The molecule has 2 aromatic rings. The van der Waals surface area contributed by atoms with Crippen LogP contribution in [-0.2, 0) is 21.4 Å². The molecule has 2 N–H and O–H groups in total. The van der Waals surface area contributed by atoms with Crippen molar-refractivity contribution in [3.63, 3.8) is 0 Å². The number of hydrogen-bond donors (Lipinski definition) is 2. The van der Waals surface area contributed by atoms with Gasteiger partial charge in [-0.05, 0) is 44.9 Å². The first-order valence-electron chi connectivity index (χ1n) is 9.82. The molecule has 0 saturated carbocycles. The Labute approximate surface area is 179 Å². The Kier molecular flexibility index (Phi) is 6.68. The Balaban J connectivity index is 1.71. The summed E-state index contributed by atoms with van der Waals surface area (Å²) in [6.45, 7) is 3.37. The number of aryl methyl sites for hydroxylation is 1. The maximum Gasteiger partial charge on any atom is 0.312 e. The number of sulfonamides is 1. The first-order chi connectivity index (χ1) is 14.7. The summed E-state index contributed by atoms with van der Waals surface area (Å²) in [6, 6.07) is 5.86. The van der Waals surface area contributed by atoms with E-state index in [1.54, 1.807) is 6.07 Å². The summed E-state index contributed by atoms with van der Waals surface area (Å²) in [6.07, 6.45) is 3.40. The molecule has 12 heteroatoms. The van der Waals surface area contributed by atoms with Gasteiger partial charge in [0, 0.05) is 18.7 Å². The van der Waals surface area contributed by atoms with E-state index in [4.69, 9.17) is 0 Å². The fraction of sp³-hybridized carbons (Fsp3) is 0.421. The fourth-order valence-corrected chi connectivity index (χ4v) is 4.49. The van der Waals surface area contributed by atoms with Crippen LogP contribution in [0.5, 0.6) is 0 Å². The summed E-state index contributed by atoms with van der Waals surface area (Å²) < 4.78 is 29.2. The van der Waals surface area contributed by atoms with Gasteiger partial charge in [0.15, 0.2) is 0 Å². The van der Waals surface area contributed by atoms with Crippen LogP contribution in [0.4, 0.5) is 11.4 Å². The standard InChI is InChI=1S/C19H24N6O5S/c1-13-19(25(27)28)14(2)24(22-13)12-18(26)21-15-7-6-8-16(11-15)31(29,30)23-17-9-4-3-5-10-20-17/h6-8,11H,3-5,9-10,12H2,1-2H3,(H,20,23)(H,21,26). The van der Waals surface area contributed by atoms with Crippen molar-refractivity contribution in [2.75, 3.05) is 11.9 Å². The molecule has 3 rings (SSSR count). The first-order valence-corrected chi connectivity index (χ1v) is 11.3. The molecule has 11 nitrogen and oxygen atoms in total. The quantitative estimate of drug-likeness (QED) is 0.511. The molecule has 1 aliphatic heterocycles. The van der Waals surface area contributed by atoms with Crippen molar-refractivity contribution in [2.24, 2.45) is 4.99 Å². The van der Waals surface area contributed by atoms with Gasteiger partial charge in [-0.2, -0.15) is 5.10 Å². The molecule has 0 bridgehead atoms. The lowest BCUT2D eigenvalue weighted by molar-refractivity contribution is -0.386. The van der Waals surface area contributed by atoms with E-state index in [1.807, 2.05) is 0 Å². The maximum absolute atomic E-state index is 12.7. The number of nitrogens with zero attached hydrogens (tertiary/aromatic N) is 4. The Hall–Kier alpha value is -3.28. The molecule has 0 unspecified atom stereocenters. The Bertz CT molecular complexity index is 1140. The minimum Gasteiger partial charge on any atom is -0.324 e. The highest BCUT2D eigenvalue weighted by molar-refractivity contribution is 7.90. The number of hydrogen-bond acceptors (Lipinski definition) is 7. The van der Waals surface area contributed by atoms with Gasteiger partial charge >= 0.3 is 5.69 Å². The number of nitrogens with one attached hydrogen (secondary N) is 2. The molecule has 1 aromatic heterocycles. The van der Waals surface area contributed by atoms with E-state index in [-0.39, 0.29) is 34.2 Å². The topological polar surface area (TPSA) is 149 Å². The summed E-state index contributed by atoms with van der Waals surface area (Å²) in [5.41, 5.74) is 0.637. The van der Waals surface area contributed by atoms with Gasteiger partial charge in [0.1, 0.15) is 23.8 Å². The SMILES string of the molecule is Cc1nn(CC(=O)Nc2cccc(S(=O)(=O)NC3=NCCCCC3)c2)c(C)c1[N+](=O)[O-]. The molecule has 0 fully saturated rings. The highest BCUT2D eigenvalue weighted by Gasteiger charge is 2.23. The van der Waals surface area contributed by atoms with Gasteiger partial charge < -0.3 is 5.32 Å². The molecule has 1 aromatic carbocycles. The minimum atomic E-state index is -3.84. The molecule has 0 atom stereocenters. The predicted octanol–water partition coefficient (Wildman–Crippen LogP) is 2.30. The molecule has 0 radical (unpaired) electrons. The molecule has 2 heterocycles. The molecule has 0 spiro atoms. The van der Waals surface area contributed by atoms with Crippen LogP contribution >= 0.6 is 0 Å². The molecule has 0 aliphatic carbocycles. The average Bonchev–Trinajstić information content (AvgIpc) is 2.85. The zero-order valence-electron chi connectivity index (χ0n) is 17.3. The van der Waals surface area contributed by atoms with Gasteiger partial charge in [0.2, 0.25) is 5.91 Å². The van der Waals surface area contributed by atoms with Crippen molar-refractivity contribution in [3.8, 4) is 0 Å². The van der Waals surface area contributed by atoms with Crippen LogP contribution in [-0.4, -0.2) is 41.4 Å². The summed E-state index contributed by atoms with van der Waals surface area (Å²) in [7, 11) is -3.84. The van der Waals surface area contributed by atoms with Crippen LogP contribution < -0.4 is 10.0 Å². The number of amides is 1. The zero-order chi connectivity index (χ0) is 22.6. The van der Waals surface area contributed by atoms with Crippen LogP contribution in [0.3, 0.4) is 0 Å². The van der Waals surface area contributed by atoms with E-state index in [0.717, 1.165) is 19.3 Å². The molecule has 0 saturated heterocycles. The van der Waals surface area contributed by atoms with Crippen LogP contribution in [0.25, 0.3) is 0 Å². The Morgan fingerprint density at radius 3 is 2.74 bits per heavy atom. The molecule has 1 amide bonds. The third kappa shape index (κ3) is 5.45. The summed E-state index contributed by atoms with van der Waals surface area (Å²) in [5.74, 6) is -0.0470. The van der Waals surface area contributed by atoms with Crippen molar-refractivity contribution in [2.45, 2.75) is 51.0 Å². The third-order valence-corrected chi connectivity index (χ3v) is 6.25. The van der Waals surface area contributed by atoms with Crippen molar-refractivity contribution in [1.82, 2.24) is 14.5 Å². The van der Waals surface area contributed by atoms with E-state index in [9.17, 15) is 23.3 Å². The second-order valence-electron chi connectivity index (χ2n) is 7.25. The number of amidine groups is 1. The number of rotatable bonds is 6. The molecule has 1 aliphatic rings. The lowest BCUT2D eigenvalue weighted by atomic mass is 10.2. The number of nitro groups is 1. The summed E-state index contributed by atoms with van der Waals surface area (Å²) >= 11 is 0. The summed E-state index contributed by atoms with van der Waals surface area (Å²) in [5, 5.41) is 17.8. The fourth-order valence-electron chi connectivity index (χ4n) is 3.35. The van der Waals surface area contributed by atoms with E-state index in [0.29, 0.717) is 18.8 Å². The Morgan fingerprint density at radius 2 is 2.03 bits per heavy atom. The van der Waals surface area contributed by atoms with E-state index in [1.165, 1.54) is 36.7 Å². The highest BCUT2D eigenvalue weighted by atomic mass is 32.2. The van der Waals surface area contributed by atoms with E-state index >= 15 is 0 Å². The second kappa shape index (κ2) is 9.25. The number of aromatic nitrogens is 2. The van der Waals surface area contributed by atoms with Gasteiger partial charge in [-0.3, -0.25) is 29.3 Å². The Morgan fingerprint density at radius 1 is 1.26 bits per heavy atom. The second-order valence-corrected chi connectivity index (χ2v) is 8.94. The zero-order valence-corrected chi connectivity index (χ0v) is 18.1. The smallest absolute Gasteiger partial charge is 0.312 e. The molecule has 31 heavy (non-hydrogen) atoms. The lowest BCUT2D eigenvalue weighted by Crippen LogP contribution is -2.30. The first kappa shape index (κ1) is 22.4. The normalized spacial score (nSPS) is 14.5.